The smallest absolute Gasteiger partial charge is 0.337 e. The Balaban J connectivity index is 1.33. The summed E-state index contributed by atoms with van der Waals surface area (Å²) in [6.07, 6.45) is 2.98. The number of rotatable bonds is 9. The molecule has 5 aromatic rings. The zero-order valence-electron chi connectivity index (χ0n) is 21.7. The van der Waals surface area contributed by atoms with Crippen LogP contribution in [0.25, 0.3) is 10.9 Å². The van der Waals surface area contributed by atoms with Crippen LogP contribution in [0.2, 0.25) is 5.02 Å². The monoisotopic (exact) mass is 562 g/mol. The zero-order valence-corrected chi connectivity index (χ0v) is 22.5. The molecule has 2 heterocycles. The number of anilines is 4. The molecule has 0 saturated carbocycles. The van der Waals surface area contributed by atoms with Crippen LogP contribution in [-0.4, -0.2) is 47.0 Å². The van der Waals surface area contributed by atoms with Crippen LogP contribution in [0.5, 0.6) is 11.5 Å². The topological polar surface area (TPSA) is 112 Å². The lowest BCUT2D eigenvalue weighted by Gasteiger charge is -2.11. The summed E-state index contributed by atoms with van der Waals surface area (Å²) >= 11 is 6.17. The van der Waals surface area contributed by atoms with E-state index in [0.717, 1.165) is 22.7 Å². The van der Waals surface area contributed by atoms with Gasteiger partial charge in [-0.1, -0.05) is 17.7 Å². The third-order valence-electron chi connectivity index (χ3n) is 6.01. The van der Waals surface area contributed by atoms with Gasteiger partial charge >= 0.3 is 5.97 Å². The van der Waals surface area contributed by atoms with Crippen molar-refractivity contribution in [1.29, 1.82) is 0 Å². The van der Waals surface area contributed by atoms with E-state index in [-0.39, 0.29) is 11.8 Å². The fourth-order valence-electron chi connectivity index (χ4n) is 4.05. The van der Waals surface area contributed by atoms with Crippen LogP contribution in [0.3, 0.4) is 0 Å². The van der Waals surface area contributed by atoms with Crippen LogP contribution in [-0.2, 0) is 11.3 Å². The molecule has 0 saturated heterocycles. The number of halogens is 2. The Morgan fingerprint density at radius 2 is 1.75 bits per heavy atom. The standard InChI is InChI=1S/C28H24ClFN6O4/c1-38-24-9-8-19(11-21(24)29)32-26-22(30)13-31-28(34-26)33-20-7-6-17-14-36(35-23(17)12-20)15-18-5-4-16(27(37)40-3)10-25(18)39-2/h4-14H,15H2,1-3H3,(H2,31,32,33,34). The lowest BCUT2D eigenvalue weighted by molar-refractivity contribution is 0.0600. The Morgan fingerprint density at radius 1 is 0.975 bits per heavy atom. The highest BCUT2D eigenvalue weighted by molar-refractivity contribution is 6.32. The molecule has 0 radical (unpaired) electrons. The van der Waals surface area contributed by atoms with Crippen molar-refractivity contribution in [3.8, 4) is 11.5 Å². The van der Waals surface area contributed by atoms with Crippen molar-refractivity contribution in [2.75, 3.05) is 32.0 Å². The number of hydrogen-bond acceptors (Lipinski definition) is 9. The molecule has 0 unspecified atom stereocenters. The first-order valence-electron chi connectivity index (χ1n) is 12.0. The molecule has 3 aromatic carbocycles. The van der Waals surface area contributed by atoms with E-state index in [9.17, 15) is 9.18 Å². The molecular formula is C28H24ClFN6O4. The van der Waals surface area contributed by atoms with Crippen molar-refractivity contribution >= 4 is 51.6 Å². The minimum absolute atomic E-state index is 0.0174. The summed E-state index contributed by atoms with van der Waals surface area (Å²) in [6.45, 7) is 0.424. The molecule has 0 aliphatic rings. The lowest BCUT2D eigenvalue weighted by Crippen LogP contribution is -2.05. The van der Waals surface area contributed by atoms with E-state index in [1.165, 1.54) is 14.2 Å². The van der Waals surface area contributed by atoms with E-state index < -0.39 is 11.8 Å². The molecule has 12 heteroatoms. The third-order valence-corrected chi connectivity index (χ3v) is 6.31. The predicted octanol–water partition coefficient (Wildman–Crippen LogP) is 5.96. The van der Waals surface area contributed by atoms with Crippen LogP contribution in [0, 0.1) is 5.82 Å². The van der Waals surface area contributed by atoms with Gasteiger partial charge in [0.2, 0.25) is 5.95 Å². The molecule has 0 aliphatic carbocycles. The maximum Gasteiger partial charge on any atom is 0.337 e. The van der Waals surface area contributed by atoms with Crippen LogP contribution in [0.15, 0.2) is 67.0 Å². The summed E-state index contributed by atoms with van der Waals surface area (Å²) in [5.74, 6) is 0.175. The van der Waals surface area contributed by atoms with E-state index in [0.29, 0.717) is 40.0 Å². The molecule has 0 amide bonds. The first kappa shape index (κ1) is 26.7. The van der Waals surface area contributed by atoms with E-state index in [1.54, 1.807) is 42.1 Å². The molecular weight excluding hydrogens is 539 g/mol. The summed E-state index contributed by atoms with van der Waals surface area (Å²) < 4.78 is 31.6. The van der Waals surface area contributed by atoms with Crippen molar-refractivity contribution in [1.82, 2.24) is 19.7 Å². The number of fused-ring (bicyclic) bond motifs is 1. The van der Waals surface area contributed by atoms with Crippen LogP contribution in [0.1, 0.15) is 15.9 Å². The van der Waals surface area contributed by atoms with Gasteiger partial charge < -0.3 is 24.8 Å². The van der Waals surface area contributed by atoms with Gasteiger partial charge in [0.05, 0.1) is 50.2 Å². The van der Waals surface area contributed by atoms with E-state index in [1.807, 2.05) is 30.5 Å². The molecule has 2 aromatic heterocycles. The Hall–Kier alpha value is -4.90. The predicted molar refractivity (Wildman–Crippen MR) is 150 cm³/mol. The summed E-state index contributed by atoms with van der Waals surface area (Å²) in [7, 11) is 4.39. The second-order valence-electron chi connectivity index (χ2n) is 8.61. The molecule has 0 bridgehead atoms. The quantitative estimate of drug-likeness (QED) is 0.210. The molecule has 40 heavy (non-hydrogen) atoms. The van der Waals surface area contributed by atoms with Gasteiger partial charge in [-0.05, 0) is 48.5 Å². The van der Waals surface area contributed by atoms with Gasteiger partial charge in [-0.2, -0.15) is 10.1 Å². The summed E-state index contributed by atoms with van der Waals surface area (Å²) in [4.78, 5) is 20.2. The van der Waals surface area contributed by atoms with Gasteiger partial charge in [-0.15, -0.1) is 0 Å². The first-order chi connectivity index (χ1) is 19.4. The van der Waals surface area contributed by atoms with Crippen molar-refractivity contribution < 1.29 is 23.4 Å². The number of methoxy groups -OCH3 is 3. The van der Waals surface area contributed by atoms with Crippen molar-refractivity contribution in [3.05, 3.63) is 89.0 Å². The number of nitrogens with one attached hydrogen (secondary N) is 2. The van der Waals surface area contributed by atoms with Crippen LogP contribution in [0.4, 0.5) is 27.5 Å². The Labute approximate surface area is 233 Å². The van der Waals surface area contributed by atoms with Crippen LogP contribution < -0.4 is 20.1 Å². The minimum atomic E-state index is -0.623. The number of aromatic nitrogens is 4. The number of esters is 1. The van der Waals surface area contributed by atoms with Crippen molar-refractivity contribution in [2.24, 2.45) is 0 Å². The average Bonchev–Trinajstić information content (AvgIpc) is 3.36. The Bertz CT molecular complexity index is 1710. The number of benzene rings is 3. The van der Waals surface area contributed by atoms with Gasteiger partial charge in [0.15, 0.2) is 11.6 Å². The molecule has 0 spiro atoms. The highest BCUT2D eigenvalue weighted by Gasteiger charge is 2.13. The minimum Gasteiger partial charge on any atom is -0.496 e. The first-order valence-corrected chi connectivity index (χ1v) is 12.4. The van der Waals surface area contributed by atoms with Gasteiger partial charge in [0, 0.05) is 28.5 Å². The second kappa shape index (κ2) is 11.5. The number of nitrogens with zero attached hydrogens (tertiary/aromatic N) is 4. The molecule has 0 aliphatic heterocycles. The van der Waals surface area contributed by atoms with Gasteiger partial charge in [-0.3, -0.25) is 4.68 Å². The average molecular weight is 563 g/mol. The molecule has 204 valence electrons. The molecule has 5 rings (SSSR count). The normalized spacial score (nSPS) is 10.8. The van der Waals surface area contributed by atoms with E-state index in [4.69, 9.17) is 25.8 Å². The van der Waals surface area contributed by atoms with Gasteiger partial charge in [-0.25, -0.2) is 14.2 Å². The summed E-state index contributed by atoms with van der Waals surface area (Å²) in [5, 5.41) is 12.0. The SMILES string of the molecule is COC(=O)c1ccc(Cn2cc3ccc(Nc4ncc(F)c(Nc5ccc(OC)c(Cl)c5)n4)cc3n2)c(OC)c1. The largest absolute Gasteiger partial charge is 0.496 e. The van der Waals surface area contributed by atoms with Gasteiger partial charge in [0.25, 0.3) is 0 Å². The number of carbonyl (C=O) groups excluding carboxylic acids is 1. The maximum atomic E-state index is 14.4. The number of ether oxygens (including phenoxy) is 3. The Kier molecular flexibility index (Phi) is 7.65. The molecule has 2 N–H and O–H groups in total. The summed E-state index contributed by atoms with van der Waals surface area (Å²) in [5.41, 5.74) is 3.18. The molecule has 10 nitrogen and oxygen atoms in total. The fraction of sp³-hybridized carbons (Fsp3) is 0.143. The highest BCUT2D eigenvalue weighted by Crippen LogP contribution is 2.30. The van der Waals surface area contributed by atoms with Gasteiger partial charge in [0.1, 0.15) is 11.5 Å². The van der Waals surface area contributed by atoms with Crippen molar-refractivity contribution in [3.63, 3.8) is 0 Å². The Morgan fingerprint density at radius 3 is 2.50 bits per heavy atom. The second-order valence-corrected chi connectivity index (χ2v) is 9.02. The third kappa shape index (κ3) is 5.74. The van der Waals surface area contributed by atoms with E-state index >= 15 is 0 Å². The van der Waals surface area contributed by atoms with Crippen molar-refractivity contribution in [2.45, 2.75) is 6.54 Å². The molecule has 0 fully saturated rings. The fourth-order valence-corrected chi connectivity index (χ4v) is 4.30. The zero-order chi connectivity index (χ0) is 28.2. The number of hydrogen-bond donors (Lipinski definition) is 2. The summed E-state index contributed by atoms with van der Waals surface area (Å²) in [6, 6.07) is 15.7. The van der Waals surface area contributed by atoms with E-state index in [2.05, 4.69) is 25.7 Å². The number of carbonyl (C=O) groups is 1. The maximum absolute atomic E-state index is 14.4. The lowest BCUT2D eigenvalue weighted by atomic mass is 10.1. The molecule has 0 atom stereocenters. The highest BCUT2D eigenvalue weighted by atomic mass is 35.5. The van der Waals surface area contributed by atoms with Crippen LogP contribution >= 0.6 is 11.6 Å².